The van der Waals surface area contributed by atoms with Crippen molar-refractivity contribution < 1.29 is 13.2 Å². The molecule has 0 saturated carbocycles. The smallest absolute Gasteiger partial charge is 0.182 e. The highest BCUT2D eigenvalue weighted by Crippen LogP contribution is 2.24. The third-order valence-corrected chi connectivity index (χ3v) is 2.05. The second-order valence-corrected chi connectivity index (χ2v) is 3.18. The Morgan fingerprint density at radius 2 is 1.62 bits per heavy atom. The average molecular weight is 225 g/mol. The third-order valence-electron chi connectivity index (χ3n) is 2.05. The van der Waals surface area contributed by atoms with Gasteiger partial charge in [0.2, 0.25) is 0 Å². The first kappa shape index (κ1) is 10.5. The van der Waals surface area contributed by atoms with Gasteiger partial charge < -0.3 is 4.98 Å². The lowest BCUT2D eigenvalue weighted by molar-refractivity contribution is 0.547. The Labute approximate surface area is 88.4 Å². The zero-order chi connectivity index (χ0) is 11.7. The summed E-state index contributed by atoms with van der Waals surface area (Å²) in [5, 5.41) is 0. The van der Waals surface area contributed by atoms with Crippen LogP contribution in [0.25, 0.3) is 11.3 Å². The number of hydrogen-bond donors (Lipinski definition) is 1. The highest BCUT2D eigenvalue weighted by atomic mass is 19.1. The van der Waals surface area contributed by atoms with Gasteiger partial charge in [-0.05, 0) is 0 Å². The molecule has 16 heavy (non-hydrogen) atoms. The lowest BCUT2D eigenvalue weighted by Crippen LogP contribution is -2.01. The summed E-state index contributed by atoms with van der Waals surface area (Å²) in [6, 6.07) is 3.37. The molecule has 0 fully saturated rings. The summed E-state index contributed by atoms with van der Waals surface area (Å²) >= 11 is 0. The van der Waals surface area contributed by atoms with Gasteiger partial charge in [0.25, 0.3) is 0 Å². The molecule has 0 spiro atoms. The lowest BCUT2D eigenvalue weighted by Gasteiger charge is -2.04. The van der Waals surface area contributed by atoms with Gasteiger partial charge in [0, 0.05) is 30.5 Å². The fourth-order valence-electron chi connectivity index (χ4n) is 1.39. The van der Waals surface area contributed by atoms with E-state index in [2.05, 4.69) is 4.98 Å². The zero-order valence-electron chi connectivity index (χ0n) is 7.93. The van der Waals surface area contributed by atoms with E-state index >= 15 is 0 Å². The summed E-state index contributed by atoms with van der Waals surface area (Å²) in [5.41, 5.74) is -0.863. The van der Waals surface area contributed by atoms with Crippen molar-refractivity contribution in [1.29, 1.82) is 0 Å². The highest BCUT2D eigenvalue weighted by molar-refractivity contribution is 5.60. The Morgan fingerprint density at radius 3 is 2.19 bits per heavy atom. The Morgan fingerprint density at radius 1 is 1.00 bits per heavy atom. The number of H-pyrrole nitrogens is 1. The Hall–Kier alpha value is -2.04. The van der Waals surface area contributed by atoms with Gasteiger partial charge in [-0.2, -0.15) is 0 Å². The second kappa shape index (κ2) is 3.84. The van der Waals surface area contributed by atoms with Gasteiger partial charge >= 0.3 is 0 Å². The van der Waals surface area contributed by atoms with Crippen LogP contribution in [0.5, 0.6) is 0 Å². The largest absolute Gasteiger partial charge is 0.361 e. The molecule has 82 valence electrons. The molecule has 2 aromatic rings. The first-order valence-electron chi connectivity index (χ1n) is 4.41. The van der Waals surface area contributed by atoms with Crippen LogP contribution in [0.3, 0.4) is 0 Å². The topological polar surface area (TPSA) is 32.9 Å². The molecule has 0 unspecified atom stereocenters. The predicted molar refractivity (Wildman–Crippen MR) is 52.4 cm³/mol. The maximum Gasteiger partial charge on any atom is 0.182 e. The molecule has 0 aliphatic carbocycles. The fraction of sp³-hybridized carbons (Fsp3) is 0. The van der Waals surface area contributed by atoms with Crippen molar-refractivity contribution in [1.82, 2.24) is 4.98 Å². The molecular weight excluding hydrogens is 219 g/mol. The number of pyridine rings is 1. The molecule has 0 aliphatic heterocycles. The summed E-state index contributed by atoms with van der Waals surface area (Å²) in [4.78, 5) is 13.5. The van der Waals surface area contributed by atoms with Crippen molar-refractivity contribution in [3.05, 3.63) is 58.1 Å². The van der Waals surface area contributed by atoms with Gasteiger partial charge in [0.1, 0.15) is 17.5 Å². The molecule has 1 N–H and O–H groups in total. The molecule has 1 heterocycles. The van der Waals surface area contributed by atoms with Crippen molar-refractivity contribution in [3.63, 3.8) is 0 Å². The van der Waals surface area contributed by atoms with Crippen LogP contribution in [0.1, 0.15) is 0 Å². The van der Waals surface area contributed by atoms with E-state index in [-0.39, 0.29) is 5.69 Å². The highest BCUT2D eigenvalue weighted by Gasteiger charge is 2.13. The SMILES string of the molecule is O=c1cc[nH]c(-c2c(F)cc(F)cc2F)c1. The minimum Gasteiger partial charge on any atom is -0.361 e. The minimum absolute atomic E-state index is 0.0255. The van der Waals surface area contributed by atoms with Gasteiger partial charge in [0.15, 0.2) is 5.43 Å². The summed E-state index contributed by atoms with van der Waals surface area (Å²) < 4.78 is 39.3. The number of hydrogen-bond acceptors (Lipinski definition) is 1. The van der Waals surface area contributed by atoms with E-state index in [0.717, 1.165) is 6.07 Å². The molecule has 0 amide bonds. The van der Waals surface area contributed by atoms with Crippen LogP contribution in [0.15, 0.2) is 35.3 Å². The van der Waals surface area contributed by atoms with E-state index in [0.29, 0.717) is 12.1 Å². The monoisotopic (exact) mass is 225 g/mol. The average Bonchev–Trinajstić information content (AvgIpc) is 2.15. The summed E-state index contributed by atoms with van der Waals surface area (Å²) in [6.45, 7) is 0. The summed E-state index contributed by atoms with van der Waals surface area (Å²) in [6.07, 6.45) is 1.26. The number of halogens is 3. The van der Waals surface area contributed by atoms with E-state index in [1.54, 1.807) is 0 Å². The van der Waals surface area contributed by atoms with Gasteiger partial charge in [-0.15, -0.1) is 0 Å². The number of nitrogens with one attached hydrogen (secondary N) is 1. The molecule has 5 heteroatoms. The van der Waals surface area contributed by atoms with Crippen LogP contribution in [0.2, 0.25) is 0 Å². The maximum absolute atomic E-state index is 13.3. The Kier molecular flexibility index (Phi) is 2.52. The van der Waals surface area contributed by atoms with Crippen molar-refractivity contribution >= 4 is 0 Å². The lowest BCUT2D eigenvalue weighted by atomic mass is 10.1. The molecule has 2 rings (SSSR count). The predicted octanol–water partition coefficient (Wildman–Crippen LogP) is 2.46. The number of benzene rings is 1. The molecule has 0 radical (unpaired) electrons. The van der Waals surface area contributed by atoms with Crippen LogP contribution in [-0.4, -0.2) is 4.98 Å². The summed E-state index contributed by atoms with van der Waals surface area (Å²) in [5.74, 6) is -3.12. The van der Waals surface area contributed by atoms with E-state index in [1.165, 1.54) is 12.3 Å². The van der Waals surface area contributed by atoms with Gasteiger partial charge in [0.05, 0.1) is 11.3 Å². The molecule has 0 bridgehead atoms. The molecular formula is C11H6F3NO. The maximum atomic E-state index is 13.3. The van der Waals surface area contributed by atoms with Crippen LogP contribution in [0, 0.1) is 17.5 Å². The van der Waals surface area contributed by atoms with Crippen LogP contribution in [-0.2, 0) is 0 Å². The normalized spacial score (nSPS) is 10.4. The number of aromatic nitrogens is 1. The first-order valence-corrected chi connectivity index (χ1v) is 4.41. The molecule has 1 aromatic carbocycles. The van der Waals surface area contributed by atoms with Crippen LogP contribution >= 0.6 is 0 Å². The molecule has 0 atom stereocenters. The summed E-state index contributed by atoms with van der Waals surface area (Å²) in [7, 11) is 0. The number of aromatic amines is 1. The minimum atomic E-state index is -1.06. The standard InChI is InChI=1S/C11H6F3NO/c12-6-3-8(13)11(9(14)4-6)10-5-7(16)1-2-15-10/h1-5H,(H,15,16). The molecule has 0 saturated heterocycles. The van der Waals surface area contributed by atoms with E-state index in [9.17, 15) is 18.0 Å². The molecule has 1 aromatic heterocycles. The Bertz CT molecular complexity index is 569. The van der Waals surface area contributed by atoms with E-state index in [4.69, 9.17) is 0 Å². The fourth-order valence-corrected chi connectivity index (χ4v) is 1.39. The van der Waals surface area contributed by atoms with Crippen molar-refractivity contribution in [2.24, 2.45) is 0 Å². The molecule has 2 nitrogen and oxygen atoms in total. The van der Waals surface area contributed by atoms with Crippen LogP contribution in [0.4, 0.5) is 13.2 Å². The zero-order valence-corrected chi connectivity index (χ0v) is 7.93. The van der Waals surface area contributed by atoms with Gasteiger partial charge in [-0.3, -0.25) is 4.79 Å². The molecule has 0 aliphatic rings. The Balaban J connectivity index is 2.69. The van der Waals surface area contributed by atoms with Crippen molar-refractivity contribution in [3.8, 4) is 11.3 Å². The van der Waals surface area contributed by atoms with Crippen LogP contribution < -0.4 is 5.43 Å². The van der Waals surface area contributed by atoms with E-state index < -0.39 is 28.4 Å². The quantitative estimate of drug-likeness (QED) is 0.794. The van der Waals surface area contributed by atoms with E-state index in [1.807, 2.05) is 0 Å². The van der Waals surface area contributed by atoms with Gasteiger partial charge in [-0.1, -0.05) is 0 Å². The third kappa shape index (κ3) is 1.84. The van der Waals surface area contributed by atoms with Gasteiger partial charge in [-0.25, -0.2) is 13.2 Å². The second-order valence-electron chi connectivity index (χ2n) is 3.18. The first-order chi connectivity index (χ1) is 7.58. The van der Waals surface area contributed by atoms with Crippen molar-refractivity contribution in [2.75, 3.05) is 0 Å². The number of rotatable bonds is 1. The van der Waals surface area contributed by atoms with Crippen molar-refractivity contribution in [2.45, 2.75) is 0 Å².